The summed E-state index contributed by atoms with van der Waals surface area (Å²) in [5.74, 6) is -0.304. The van der Waals surface area contributed by atoms with Crippen LogP contribution < -0.4 is 0 Å². The smallest absolute Gasteiger partial charge is 0.418 e. The second-order valence-corrected chi connectivity index (χ2v) is 2.58. The number of isothiocyanates is 1. The van der Waals surface area contributed by atoms with Gasteiger partial charge in [-0.1, -0.05) is 0 Å². The minimum atomic E-state index is -4.52. The fraction of sp³-hybridized carbons (Fsp3) is 0.125. The number of phenolic OH excluding ortho intramolecular Hbond substituents is 1. The van der Waals surface area contributed by atoms with Crippen molar-refractivity contribution in [2.24, 2.45) is 4.99 Å². The van der Waals surface area contributed by atoms with Gasteiger partial charge in [0.1, 0.15) is 5.75 Å². The Morgan fingerprint density at radius 2 is 2.00 bits per heavy atom. The number of hydrogen-bond donors (Lipinski definition) is 1. The number of halogens is 3. The van der Waals surface area contributed by atoms with Crippen LogP contribution in [0, 0.1) is 0 Å². The van der Waals surface area contributed by atoms with E-state index in [0.29, 0.717) is 0 Å². The summed E-state index contributed by atoms with van der Waals surface area (Å²) in [6, 6.07) is 2.55. The lowest BCUT2D eigenvalue weighted by Crippen LogP contribution is -2.04. The van der Waals surface area contributed by atoms with Crippen molar-refractivity contribution in [3.8, 4) is 5.75 Å². The van der Waals surface area contributed by atoms with Crippen molar-refractivity contribution < 1.29 is 18.3 Å². The molecule has 0 fully saturated rings. The number of benzene rings is 1. The lowest BCUT2D eigenvalue weighted by Gasteiger charge is -2.08. The molecule has 1 N–H and O–H groups in total. The standard InChI is InChI=1S/C8H4F3NOS/c9-8(10,11)6-2-1-5(13)3-7(6)12-4-14/h1-3,13H. The number of rotatable bonds is 1. The highest BCUT2D eigenvalue weighted by atomic mass is 32.1. The third-order valence-corrected chi connectivity index (χ3v) is 1.54. The Kier molecular flexibility index (Phi) is 2.88. The summed E-state index contributed by atoms with van der Waals surface area (Å²) < 4.78 is 36.9. The van der Waals surface area contributed by atoms with E-state index < -0.39 is 17.4 Å². The van der Waals surface area contributed by atoms with E-state index in [4.69, 9.17) is 5.11 Å². The van der Waals surface area contributed by atoms with Crippen molar-refractivity contribution in [1.82, 2.24) is 0 Å². The number of hydrogen-bond acceptors (Lipinski definition) is 3. The molecule has 0 heterocycles. The van der Waals surface area contributed by atoms with Crippen molar-refractivity contribution in [3.63, 3.8) is 0 Å². The van der Waals surface area contributed by atoms with Crippen LogP contribution in [0.15, 0.2) is 23.2 Å². The first-order chi connectivity index (χ1) is 6.45. The van der Waals surface area contributed by atoms with Crippen LogP contribution in [-0.2, 0) is 6.18 Å². The quantitative estimate of drug-likeness (QED) is 0.581. The molecule has 0 bridgehead atoms. The fourth-order valence-corrected chi connectivity index (χ4v) is 1.000. The molecule has 0 aliphatic carbocycles. The van der Waals surface area contributed by atoms with Gasteiger partial charge in [0.25, 0.3) is 0 Å². The molecule has 0 saturated heterocycles. The van der Waals surface area contributed by atoms with E-state index >= 15 is 0 Å². The first kappa shape index (κ1) is 10.7. The Morgan fingerprint density at radius 3 is 2.50 bits per heavy atom. The first-order valence-corrected chi connectivity index (χ1v) is 3.84. The molecule has 0 aromatic heterocycles. The Morgan fingerprint density at radius 1 is 1.36 bits per heavy atom. The van der Waals surface area contributed by atoms with Crippen molar-refractivity contribution in [1.29, 1.82) is 0 Å². The molecule has 0 unspecified atom stereocenters. The van der Waals surface area contributed by atoms with Gasteiger partial charge in [-0.25, -0.2) is 0 Å². The van der Waals surface area contributed by atoms with Gasteiger partial charge in [-0.3, -0.25) is 0 Å². The summed E-state index contributed by atoms with van der Waals surface area (Å²) in [6.07, 6.45) is -4.52. The molecule has 1 rings (SSSR count). The van der Waals surface area contributed by atoms with E-state index in [2.05, 4.69) is 17.2 Å². The van der Waals surface area contributed by atoms with Gasteiger partial charge in [-0.05, 0) is 24.4 Å². The summed E-state index contributed by atoms with van der Waals surface area (Å²) in [5.41, 5.74) is -1.39. The average Bonchev–Trinajstić information content (AvgIpc) is 2.02. The Bertz CT molecular complexity index is 396. The number of thiocarbonyl (C=S) groups is 1. The molecule has 0 spiro atoms. The van der Waals surface area contributed by atoms with Gasteiger partial charge >= 0.3 is 6.18 Å². The molecule has 0 aliphatic rings. The van der Waals surface area contributed by atoms with Gasteiger partial charge in [0.2, 0.25) is 0 Å². The lowest BCUT2D eigenvalue weighted by atomic mass is 10.1. The molecule has 0 saturated carbocycles. The van der Waals surface area contributed by atoms with Gasteiger partial charge in [-0.15, -0.1) is 0 Å². The first-order valence-electron chi connectivity index (χ1n) is 3.43. The molecule has 2 nitrogen and oxygen atoms in total. The second-order valence-electron chi connectivity index (χ2n) is 2.40. The molecule has 0 radical (unpaired) electrons. The molecule has 14 heavy (non-hydrogen) atoms. The Balaban J connectivity index is 3.36. The zero-order chi connectivity index (χ0) is 10.8. The van der Waals surface area contributed by atoms with Gasteiger partial charge in [0.15, 0.2) is 0 Å². The summed E-state index contributed by atoms with van der Waals surface area (Å²) in [5, 5.41) is 10.8. The lowest BCUT2D eigenvalue weighted by molar-refractivity contribution is -0.137. The molecule has 1 aromatic carbocycles. The van der Waals surface area contributed by atoms with E-state index in [1.54, 1.807) is 0 Å². The van der Waals surface area contributed by atoms with Gasteiger partial charge in [0, 0.05) is 6.07 Å². The Hall–Kier alpha value is -1.39. The van der Waals surface area contributed by atoms with Gasteiger partial charge in [0.05, 0.1) is 16.4 Å². The maximum atomic E-state index is 12.3. The van der Waals surface area contributed by atoms with Crippen molar-refractivity contribution >= 4 is 23.1 Å². The van der Waals surface area contributed by atoms with Crippen LogP contribution in [0.25, 0.3) is 0 Å². The molecule has 0 atom stereocenters. The van der Waals surface area contributed by atoms with Crippen molar-refractivity contribution in [3.05, 3.63) is 23.8 Å². The van der Waals surface area contributed by atoms with Crippen molar-refractivity contribution in [2.45, 2.75) is 6.18 Å². The van der Waals surface area contributed by atoms with Crippen LogP contribution in [0.3, 0.4) is 0 Å². The van der Waals surface area contributed by atoms with Crippen LogP contribution in [0.2, 0.25) is 0 Å². The van der Waals surface area contributed by atoms with Crippen molar-refractivity contribution in [2.75, 3.05) is 0 Å². The predicted molar refractivity (Wildman–Crippen MR) is 47.8 cm³/mol. The normalized spacial score (nSPS) is 10.8. The molecule has 0 aliphatic heterocycles. The summed E-state index contributed by atoms with van der Waals surface area (Å²) in [7, 11) is 0. The number of nitrogens with zero attached hydrogens (tertiary/aromatic N) is 1. The largest absolute Gasteiger partial charge is 0.508 e. The summed E-state index contributed by atoms with van der Waals surface area (Å²) in [4.78, 5) is 3.22. The third-order valence-electron chi connectivity index (χ3n) is 1.45. The van der Waals surface area contributed by atoms with Crippen LogP contribution in [0.4, 0.5) is 18.9 Å². The van der Waals surface area contributed by atoms with E-state index in [1.165, 1.54) is 0 Å². The van der Waals surface area contributed by atoms with Gasteiger partial charge in [-0.2, -0.15) is 18.2 Å². The molecule has 74 valence electrons. The second kappa shape index (κ2) is 3.77. The molecular formula is C8H4F3NOS. The third kappa shape index (κ3) is 2.31. The summed E-state index contributed by atoms with van der Waals surface area (Å²) >= 11 is 4.19. The topological polar surface area (TPSA) is 32.6 Å². The maximum absolute atomic E-state index is 12.3. The van der Waals surface area contributed by atoms with E-state index in [9.17, 15) is 13.2 Å². The average molecular weight is 219 g/mol. The maximum Gasteiger partial charge on any atom is 0.418 e. The zero-order valence-corrected chi connectivity index (χ0v) is 7.49. The molecule has 1 aromatic rings. The minimum Gasteiger partial charge on any atom is -0.508 e. The zero-order valence-electron chi connectivity index (χ0n) is 6.67. The highest BCUT2D eigenvalue weighted by Gasteiger charge is 2.33. The Labute approximate surface area is 82.7 Å². The monoisotopic (exact) mass is 219 g/mol. The van der Waals surface area contributed by atoms with Crippen LogP contribution >= 0.6 is 12.2 Å². The van der Waals surface area contributed by atoms with Crippen LogP contribution in [0.1, 0.15) is 5.56 Å². The number of alkyl halides is 3. The van der Waals surface area contributed by atoms with Gasteiger partial charge < -0.3 is 5.11 Å². The van der Waals surface area contributed by atoms with Crippen LogP contribution in [-0.4, -0.2) is 10.3 Å². The molecular weight excluding hydrogens is 215 g/mol. The molecule has 6 heteroatoms. The predicted octanol–water partition coefficient (Wildman–Crippen LogP) is 3.15. The van der Waals surface area contributed by atoms with E-state index in [1.807, 2.05) is 5.16 Å². The minimum absolute atomic E-state index is 0.304. The van der Waals surface area contributed by atoms with E-state index in [-0.39, 0.29) is 5.75 Å². The number of phenols is 1. The highest BCUT2D eigenvalue weighted by Crippen LogP contribution is 2.37. The SMILES string of the molecule is Oc1ccc(C(F)(F)F)c(N=C=S)c1. The fourth-order valence-electron chi connectivity index (χ4n) is 0.901. The number of aromatic hydroxyl groups is 1. The number of aliphatic imine (C=N–C) groups is 1. The molecule has 0 amide bonds. The highest BCUT2D eigenvalue weighted by molar-refractivity contribution is 7.78. The van der Waals surface area contributed by atoms with Crippen LogP contribution in [0.5, 0.6) is 5.75 Å². The summed E-state index contributed by atoms with van der Waals surface area (Å²) in [6.45, 7) is 0. The van der Waals surface area contributed by atoms with E-state index in [0.717, 1.165) is 18.2 Å².